The Morgan fingerprint density at radius 1 is 1.25 bits per heavy atom. The van der Waals surface area contributed by atoms with Crippen LogP contribution >= 0.6 is 12.6 Å². The van der Waals surface area contributed by atoms with E-state index in [4.69, 9.17) is 0 Å². The first kappa shape index (κ1) is 9.38. The van der Waals surface area contributed by atoms with Crippen LogP contribution in [-0.4, -0.2) is 4.98 Å². The topological polar surface area (TPSA) is 12.9 Å². The van der Waals surface area contributed by atoms with Gasteiger partial charge in [-0.2, -0.15) is 17.0 Å². The van der Waals surface area contributed by atoms with Crippen molar-refractivity contribution >= 4 is 12.6 Å². The molecule has 66 valence electrons. The van der Waals surface area contributed by atoms with Crippen LogP contribution in [-0.2, 0) is 5.75 Å². The lowest BCUT2D eigenvalue weighted by Crippen LogP contribution is -2.03. The molecule has 0 fully saturated rings. The Labute approximate surface area is 73.0 Å². The van der Waals surface area contributed by atoms with Crippen molar-refractivity contribution in [2.45, 2.75) is 12.7 Å². The number of hydrogen-bond donors (Lipinski definition) is 1. The van der Waals surface area contributed by atoms with Gasteiger partial charge in [0.15, 0.2) is 11.6 Å². The fourth-order valence-electron chi connectivity index (χ4n) is 0.789. The highest BCUT2D eigenvalue weighted by atomic mass is 32.1. The minimum absolute atomic E-state index is 0.0517. The number of halogens is 3. The molecule has 1 aromatic heterocycles. The van der Waals surface area contributed by atoms with Crippen LogP contribution < -0.4 is 0 Å². The van der Waals surface area contributed by atoms with Gasteiger partial charge in [-0.1, -0.05) is 0 Å². The van der Waals surface area contributed by atoms with E-state index in [1.165, 1.54) is 0 Å². The molecule has 0 aliphatic rings. The summed E-state index contributed by atoms with van der Waals surface area (Å²) in [5.74, 6) is -3.40. The average molecular weight is 193 g/mol. The van der Waals surface area contributed by atoms with Gasteiger partial charge in [-0.25, -0.2) is 13.8 Å². The first-order valence-corrected chi connectivity index (χ1v) is 3.82. The Balaban J connectivity index is 3.39. The van der Waals surface area contributed by atoms with E-state index >= 15 is 0 Å². The molecule has 12 heavy (non-hydrogen) atoms. The third-order valence-corrected chi connectivity index (χ3v) is 1.78. The molecule has 0 saturated carbocycles. The molecule has 1 rings (SSSR count). The van der Waals surface area contributed by atoms with Gasteiger partial charge in [0, 0.05) is 11.3 Å². The van der Waals surface area contributed by atoms with Crippen LogP contribution in [0.15, 0.2) is 0 Å². The van der Waals surface area contributed by atoms with Crippen molar-refractivity contribution in [3.05, 3.63) is 28.8 Å². The summed E-state index contributed by atoms with van der Waals surface area (Å²) < 4.78 is 38.1. The van der Waals surface area contributed by atoms with Crippen molar-refractivity contribution in [1.82, 2.24) is 4.98 Å². The molecule has 0 saturated heterocycles. The molecular formula is C7H6F3NS. The van der Waals surface area contributed by atoms with Gasteiger partial charge in [0.25, 0.3) is 0 Å². The van der Waals surface area contributed by atoms with Crippen molar-refractivity contribution in [2.75, 3.05) is 0 Å². The van der Waals surface area contributed by atoms with E-state index in [1.807, 2.05) is 0 Å². The Kier molecular flexibility index (Phi) is 2.62. The average Bonchev–Trinajstić information content (AvgIpc) is 2.08. The molecule has 0 spiro atoms. The second kappa shape index (κ2) is 3.35. The minimum Gasteiger partial charge on any atom is -0.218 e. The van der Waals surface area contributed by atoms with Crippen molar-refractivity contribution in [1.29, 1.82) is 0 Å². The predicted octanol–water partition coefficient (Wildman–Crippen LogP) is 2.24. The number of thiol groups is 1. The molecule has 0 radical (unpaired) electrons. The highest BCUT2D eigenvalue weighted by Crippen LogP contribution is 2.17. The summed E-state index contributed by atoms with van der Waals surface area (Å²) in [6.07, 6.45) is 0. The van der Waals surface area contributed by atoms with Crippen LogP contribution in [0, 0.1) is 24.5 Å². The fourth-order valence-corrected chi connectivity index (χ4v) is 0.998. The van der Waals surface area contributed by atoms with Crippen LogP contribution in [0.1, 0.15) is 11.3 Å². The largest absolute Gasteiger partial charge is 0.249 e. The lowest BCUT2D eigenvalue weighted by molar-refractivity contribution is 0.451. The maximum Gasteiger partial charge on any atom is 0.249 e. The number of nitrogens with zero attached hydrogens (tertiary/aromatic N) is 1. The van der Waals surface area contributed by atoms with Crippen molar-refractivity contribution in [3.8, 4) is 0 Å². The summed E-state index contributed by atoms with van der Waals surface area (Å²) in [4.78, 5) is 3.06. The standard InChI is InChI=1S/C7H6F3NS/c1-3-5(8)4(2-12)11-7(10)6(3)9/h12H,2H2,1H3. The molecule has 1 aromatic rings. The quantitative estimate of drug-likeness (QED) is 0.533. The maximum atomic E-state index is 12.9. The van der Waals surface area contributed by atoms with Crippen LogP contribution in [0.5, 0.6) is 0 Å². The van der Waals surface area contributed by atoms with Crippen molar-refractivity contribution < 1.29 is 13.2 Å². The lowest BCUT2D eigenvalue weighted by atomic mass is 10.2. The van der Waals surface area contributed by atoms with E-state index in [2.05, 4.69) is 17.6 Å². The van der Waals surface area contributed by atoms with Crippen LogP contribution in [0.4, 0.5) is 13.2 Å². The molecule has 0 atom stereocenters. The summed E-state index contributed by atoms with van der Waals surface area (Å²) in [5.41, 5.74) is -0.527. The molecule has 0 amide bonds. The summed E-state index contributed by atoms with van der Waals surface area (Å²) in [7, 11) is 0. The molecule has 0 N–H and O–H groups in total. The molecule has 0 aromatic carbocycles. The third kappa shape index (κ3) is 1.41. The minimum atomic E-state index is -1.28. The number of hydrogen-bond acceptors (Lipinski definition) is 2. The summed E-state index contributed by atoms with van der Waals surface area (Å²) >= 11 is 3.72. The Morgan fingerprint density at radius 2 is 1.83 bits per heavy atom. The highest BCUT2D eigenvalue weighted by Gasteiger charge is 2.15. The highest BCUT2D eigenvalue weighted by molar-refractivity contribution is 7.79. The number of pyridine rings is 1. The molecule has 0 bridgehead atoms. The second-order valence-electron chi connectivity index (χ2n) is 2.26. The Hall–Kier alpha value is -0.710. The number of aromatic nitrogens is 1. The zero-order valence-corrected chi connectivity index (χ0v) is 7.13. The first-order valence-electron chi connectivity index (χ1n) is 3.18. The second-order valence-corrected chi connectivity index (χ2v) is 2.58. The van der Waals surface area contributed by atoms with Crippen molar-refractivity contribution in [2.24, 2.45) is 0 Å². The van der Waals surface area contributed by atoms with Gasteiger partial charge >= 0.3 is 0 Å². The van der Waals surface area contributed by atoms with E-state index in [9.17, 15) is 13.2 Å². The smallest absolute Gasteiger partial charge is 0.218 e. The van der Waals surface area contributed by atoms with E-state index in [-0.39, 0.29) is 17.0 Å². The van der Waals surface area contributed by atoms with Gasteiger partial charge < -0.3 is 0 Å². The van der Waals surface area contributed by atoms with E-state index in [0.717, 1.165) is 6.92 Å². The summed E-state index contributed by atoms with van der Waals surface area (Å²) in [6.45, 7) is 1.16. The van der Waals surface area contributed by atoms with Gasteiger partial charge in [-0.3, -0.25) is 0 Å². The van der Waals surface area contributed by atoms with Gasteiger partial charge in [0.2, 0.25) is 5.95 Å². The summed E-state index contributed by atoms with van der Waals surface area (Å²) in [6, 6.07) is 0. The molecule has 0 unspecified atom stereocenters. The normalized spacial score (nSPS) is 10.4. The van der Waals surface area contributed by atoms with E-state index in [1.54, 1.807) is 0 Å². The number of rotatable bonds is 1. The van der Waals surface area contributed by atoms with Crippen LogP contribution in [0.25, 0.3) is 0 Å². The van der Waals surface area contributed by atoms with Gasteiger partial charge in [0.1, 0.15) is 0 Å². The molecule has 1 nitrogen and oxygen atoms in total. The molecule has 1 heterocycles. The molecule has 0 aliphatic carbocycles. The molecular weight excluding hydrogens is 187 g/mol. The summed E-state index contributed by atoms with van der Waals surface area (Å²) in [5, 5.41) is 0. The van der Waals surface area contributed by atoms with Crippen LogP contribution in [0.2, 0.25) is 0 Å². The van der Waals surface area contributed by atoms with E-state index < -0.39 is 17.6 Å². The van der Waals surface area contributed by atoms with Gasteiger partial charge in [-0.05, 0) is 6.92 Å². The predicted molar refractivity (Wildman–Crippen MR) is 41.5 cm³/mol. The maximum absolute atomic E-state index is 12.9. The Bertz CT molecular complexity index is 314. The first-order chi connectivity index (χ1) is 5.57. The van der Waals surface area contributed by atoms with Crippen LogP contribution in [0.3, 0.4) is 0 Å². The van der Waals surface area contributed by atoms with Gasteiger partial charge in [0.05, 0.1) is 5.69 Å². The molecule has 5 heteroatoms. The zero-order chi connectivity index (χ0) is 9.30. The van der Waals surface area contributed by atoms with Gasteiger partial charge in [-0.15, -0.1) is 0 Å². The zero-order valence-electron chi connectivity index (χ0n) is 6.24. The Morgan fingerprint density at radius 3 is 2.33 bits per heavy atom. The fraction of sp³-hybridized carbons (Fsp3) is 0.286. The molecule has 0 aliphatic heterocycles. The van der Waals surface area contributed by atoms with E-state index in [0.29, 0.717) is 0 Å². The lowest BCUT2D eigenvalue weighted by Gasteiger charge is -2.03. The SMILES string of the molecule is Cc1c(F)c(F)nc(CS)c1F. The van der Waals surface area contributed by atoms with Crippen molar-refractivity contribution in [3.63, 3.8) is 0 Å². The monoisotopic (exact) mass is 193 g/mol. The third-order valence-electron chi connectivity index (χ3n) is 1.48.